The number of hydrogen-bond acceptors (Lipinski definition) is 6. The zero-order valence-corrected chi connectivity index (χ0v) is 17.2. The predicted octanol–water partition coefficient (Wildman–Crippen LogP) is 2.90. The van der Waals surface area contributed by atoms with Crippen LogP contribution in [-0.2, 0) is 0 Å². The number of aryl methyl sites for hydroxylation is 2. The Kier molecular flexibility index (Phi) is 4.65. The van der Waals surface area contributed by atoms with Crippen LogP contribution in [0.1, 0.15) is 28.2 Å². The van der Waals surface area contributed by atoms with Crippen LogP contribution in [0.25, 0.3) is 11.4 Å². The second-order valence-electron chi connectivity index (χ2n) is 8.09. The highest BCUT2D eigenvalue weighted by molar-refractivity contribution is 6.00. The maximum absolute atomic E-state index is 13.4. The summed E-state index contributed by atoms with van der Waals surface area (Å²) in [6, 6.07) is 11.6. The molecule has 0 N–H and O–H groups in total. The Morgan fingerprint density at radius 1 is 1.00 bits per heavy atom. The molecule has 1 aromatic carbocycles. The smallest absolute Gasteiger partial charge is 0.254 e. The van der Waals surface area contributed by atoms with Gasteiger partial charge in [-0.2, -0.15) is 0 Å². The molecule has 7 heteroatoms. The van der Waals surface area contributed by atoms with Gasteiger partial charge in [0.05, 0.1) is 11.6 Å². The highest BCUT2D eigenvalue weighted by Gasteiger charge is 2.45. The number of anilines is 1. The van der Waals surface area contributed by atoms with E-state index in [1.165, 1.54) is 0 Å². The lowest BCUT2D eigenvalue weighted by molar-refractivity contribution is 0.0590. The Bertz CT molecular complexity index is 1070. The fourth-order valence-electron chi connectivity index (χ4n) is 4.52. The van der Waals surface area contributed by atoms with E-state index in [4.69, 9.17) is 0 Å². The molecule has 7 nitrogen and oxygen atoms in total. The second-order valence-corrected chi connectivity index (χ2v) is 8.09. The minimum Gasteiger partial charge on any atom is -0.337 e. The number of amides is 1. The van der Waals surface area contributed by atoms with Gasteiger partial charge in [-0.1, -0.05) is 18.2 Å². The summed E-state index contributed by atoms with van der Waals surface area (Å²) in [5, 5.41) is 0. The number of piperidine rings is 1. The summed E-state index contributed by atoms with van der Waals surface area (Å²) in [4.78, 5) is 35.6. The second kappa shape index (κ2) is 7.48. The van der Waals surface area contributed by atoms with E-state index < -0.39 is 0 Å². The molecule has 1 amide bonds. The summed E-state index contributed by atoms with van der Waals surface area (Å²) in [5.41, 5.74) is 3.37. The first-order valence-corrected chi connectivity index (χ1v) is 10.3. The zero-order chi connectivity index (χ0) is 20.7. The number of hydrogen-bond donors (Lipinski definition) is 0. The number of benzene rings is 1. The summed E-state index contributed by atoms with van der Waals surface area (Å²) < 4.78 is 0. The van der Waals surface area contributed by atoms with Gasteiger partial charge in [0.1, 0.15) is 0 Å². The molecule has 0 unspecified atom stereocenters. The molecule has 30 heavy (non-hydrogen) atoms. The van der Waals surface area contributed by atoms with Crippen molar-refractivity contribution in [2.24, 2.45) is 5.92 Å². The van der Waals surface area contributed by atoms with Gasteiger partial charge in [-0.15, -0.1) is 0 Å². The van der Waals surface area contributed by atoms with Gasteiger partial charge in [-0.05, 0) is 38.5 Å². The van der Waals surface area contributed by atoms with Crippen molar-refractivity contribution in [2.45, 2.75) is 26.3 Å². The Morgan fingerprint density at radius 2 is 1.73 bits per heavy atom. The first kappa shape index (κ1) is 18.7. The van der Waals surface area contributed by atoms with Crippen LogP contribution in [-0.4, -0.2) is 56.4 Å². The van der Waals surface area contributed by atoms with E-state index in [9.17, 15) is 4.79 Å². The largest absolute Gasteiger partial charge is 0.337 e. The Balaban J connectivity index is 1.38. The van der Waals surface area contributed by atoms with Crippen molar-refractivity contribution in [1.82, 2.24) is 24.8 Å². The molecule has 2 atom stereocenters. The topological polar surface area (TPSA) is 75.1 Å². The quantitative estimate of drug-likeness (QED) is 0.673. The Hall–Kier alpha value is -3.35. The summed E-state index contributed by atoms with van der Waals surface area (Å²) in [6.07, 6.45) is 4.40. The van der Waals surface area contributed by atoms with Gasteiger partial charge in [-0.3, -0.25) is 4.79 Å². The van der Waals surface area contributed by atoms with E-state index in [0.29, 0.717) is 23.9 Å². The average molecular weight is 400 g/mol. The molecule has 0 bridgehead atoms. The van der Waals surface area contributed by atoms with Crippen molar-refractivity contribution in [3.8, 4) is 11.4 Å². The van der Waals surface area contributed by atoms with Crippen LogP contribution in [0, 0.1) is 19.8 Å². The van der Waals surface area contributed by atoms with Gasteiger partial charge in [-0.25, -0.2) is 19.9 Å². The first-order valence-electron chi connectivity index (χ1n) is 10.3. The molecule has 3 aromatic rings. The van der Waals surface area contributed by atoms with Crippen LogP contribution in [0.3, 0.4) is 0 Å². The molecule has 0 radical (unpaired) electrons. The molecule has 0 spiro atoms. The molecular weight excluding hydrogens is 376 g/mol. The van der Waals surface area contributed by atoms with Crippen LogP contribution < -0.4 is 4.90 Å². The van der Waals surface area contributed by atoms with Gasteiger partial charge in [0.25, 0.3) is 5.91 Å². The van der Waals surface area contributed by atoms with E-state index in [1.807, 2.05) is 49.1 Å². The van der Waals surface area contributed by atoms with Crippen molar-refractivity contribution in [1.29, 1.82) is 0 Å². The molecule has 2 aromatic heterocycles. The summed E-state index contributed by atoms with van der Waals surface area (Å²) in [6.45, 7) is 6.41. The molecule has 5 rings (SSSR count). The zero-order valence-electron chi connectivity index (χ0n) is 17.2. The lowest BCUT2D eigenvalue weighted by Crippen LogP contribution is -2.65. The number of carbonyl (C=O) groups excluding carboxylic acids is 1. The van der Waals surface area contributed by atoms with Crippen LogP contribution in [0.5, 0.6) is 0 Å². The molecule has 152 valence electrons. The number of aromatic nitrogens is 4. The molecule has 0 saturated carbocycles. The molecule has 2 aliphatic heterocycles. The van der Waals surface area contributed by atoms with Crippen molar-refractivity contribution >= 4 is 11.9 Å². The average Bonchev–Trinajstić information content (AvgIpc) is 2.74. The minimum atomic E-state index is 0.0321. The fourth-order valence-corrected chi connectivity index (χ4v) is 4.52. The van der Waals surface area contributed by atoms with E-state index in [2.05, 4.69) is 24.8 Å². The molecular formula is C23H24N6O. The normalized spacial score (nSPS) is 20.5. The van der Waals surface area contributed by atoms with Crippen LogP contribution >= 0.6 is 0 Å². The third-order valence-corrected chi connectivity index (χ3v) is 6.03. The Morgan fingerprint density at radius 3 is 2.50 bits per heavy atom. The lowest BCUT2D eigenvalue weighted by Gasteiger charge is -2.53. The molecule has 4 heterocycles. The molecule has 2 fully saturated rings. The van der Waals surface area contributed by atoms with Crippen molar-refractivity contribution < 1.29 is 4.79 Å². The van der Waals surface area contributed by atoms with Gasteiger partial charge >= 0.3 is 0 Å². The van der Waals surface area contributed by atoms with Crippen LogP contribution in [0.2, 0.25) is 0 Å². The number of nitrogens with zero attached hydrogens (tertiary/aromatic N) is 6. The fraction of sp³-hybridized carbons (Fsp3) is 0.348. The number of rotatable bonds is 3. The van der Waals surface area contributed by atoms with Gasteiger partial charge in [0.15, 0.2) is 5.82 Å². The van der Waals surface area contributed by atoms with Gasteiger partial charge in [0.2, 0.25) is 5.95 Å². The standard InChI is InChI=1S/C23H24N6O/c1-15-12-16(2)27-23(26-15)29-13-17-8-11-28(14-20(17)29)22(30)19-7-4-3-6-18(19)21-24-9-5-10-25-21/h3-7,9-10,12,17,20H,8,11,13-14H2,1-2H3/t17-,20-/m0/s1. The van der Waals surface area contributed by atoms with E-state index in [-0.39, 0.29) is 11.9 Å². The van der Waals surface area contributed by atoms with Gasteiger partial charge in [0, 0.05) is 54.9 Å². The van der Waals surface area contributed by atoms with Crippen molar-refractivity contribution in [2.75, 3.05) is 24.5 Å². The van der Waals surface area contributed by atoms with Crippen molar-refractivity contribution in [3.63, 3.8) is 0 Å². The van der Waals surface area contributed by atoms with E-state index in [0.717, 1.165) is 42.4 Å². The maximum atomic E-state index is 13.4. The monoisotopic (exact) mass is 400 g/mol. The SMILES string of the molecule is Cc1cc(C)nc(N2C[C@@H]3CCN(C(=O)c4ccccc4-c4ncccn4)C[C@@H]32)n1. The lowest BCUT2D eigenvalue weighted by atomic mass is 9.82. The van der Waals surface area contributed by atoms with Crippen LogP contribution in [0.15, 0.2) is 48.8 Å². The highest BCUT2D eigenvalue weighted by Crippen LogP contribution is 2.36. The molecule has 0 aliphatic carbocycles. The Labute approximate surface area is 175 Å². The van der Waals surface area contributed by atoms with E-state index >= 15 is 0 Å². The van der Waals surface area contributed by atoms with Crippen molar-refractivity contribution in [3.05, 3.63) is 65.7 Å². The summed E-state index contributed by atoms with van der Waals surface area (Å²) in [5.74, 6) is 1.97. The minimum absolute atomic E-state index is 0.0321. The van der Waals surface area contributed by atoms with E-state index in [1.54, 1.807) is 18.5 Å². The number of likely N-dealkylation sites (tertiary alicyclic amines) is 1. The molecule has 2 saturated heterocycles. The predicted molar refractivity (Wildman–Crippen MR) is 114 cm³/mol. The number of carbonyl (C=O) groups is 1. The molecule has 2 aliphatic rings. The van der Waals surface area contributed by atoms with Crippen LogP contribution in [0.4, 0.5) is 5.95 Å². The van der Waals surface area contributed by atoms with Gasteiger partial charge < -0.3 is 9.80 Å². The third-order valence-electron chi connectivity index (χ3n) is 6.03. The third kappa shape index (κ3) is 3.30. The maximum Gasteiger partial charge on any atom is 0.254 e. The first-order chi connectivity index (χ1) is 14.6. The summed E-state index contributed by atoms with van der Waals surface area (Å²) in [7, 11) is 0. The number of fused-ring (bicyclic) bond motifs is 1. The highest BCUT2D eigenvalue weighted by atomic mass is 16.2. The summed E-state index contributed by atoms with van der Waals surface area (Å²) >= 11 is 0.